The van der Waals surface area contributed by atoms with Crippen molar-refractivity contribution in [3.8, 4) is 5.75 Å². The van der Waals surface area contributed by atoms with Gasteiger partial charge in [0.25, 0.3) is 5.91 Å². The first kappa shape index (κ1) is 20.6. The van der Waals surface area contributed by atoms with Gasteiger partial charge in [0.2, 0.25) is 5.91 Å². The highest BCUT2D eigenvalue weighted by atomic mass is 16.5. The van der Waals surface area contributed by atoms with Crippen LogP contribution in [-0.4, -0.2) is 23.9 Å². The van der Waals surface area contributed by atoms with Gasteiger partial charge in [-0.25, -0.2) is 0 Å². The van der Waals surface area contributed by atoms with Gasteiger partial charge in [-0.1, -0.05) is 30.3 Å². The first-order valence-electron chi connectivity index (χ1n) is 10.8. The number of amides is 2. The number of nitrogens with one attached hydrogen (secondary N) is 3. The third-order valence-corrected chi connectivity index (χ3v) is 5.79. The van der Waals surface area contributed by atoms with Gasteiger partial charge < -0.3 is 20.4 Å². The van der Waals surface area contributed by atoms with Crippen molar-refractivity contribution in [2.24, 2.45) is 0 Å². The molecule has 3 aromatic carbocycles. The number of rotatable bonds is 6. The minimum Gasteiger partial charge on any atom is -0.497 e. The van der Waals surface area contributed by atoms with Gasteiger partial charge in [-0.15, -0.1) is 0 Å². The summed E-state index contributed by atoms with van der Waals surface area (Å²) < 4.78 is 5.34. The second-order valence-electron chi connectivity index (χ2n) is 7.96. The monoisotopic (exact) mass is 437 g/mol. The molecule has 164 valence electrons. The van der Waals surface area contributed by atoms with Gasteiger partial charge in [0.1, 0.15) is 5.75 Å². The number of anilines is 2. The molecule has 0 atom stereocenters. The zero-order chi connectivity index (χ0) is 22.8. The second-order valence-corrected chi connectivity index (χ2v) is 7.96. The quantitative estimate of drug-likeness (QED) is 0.361. The maximum atomic E-state index is 12.7. The number of aromatic amines is 1. The van der Waals surface area contributed by atoms with E-state index in [0.717, 1.165) is 39.0 Å². The van der Waals surface area contributed by atoms with E-state index in [4.69, 9.17) is 4.74 Å². The molecule has 5 rings (SSSR count). The Labute approximate surface area is 191 Å². The predicted octanol–water partition coefficient (Wildman–Crippen LogP) is 5.24. The minimum atomic E-state index is -0.171. The average Bonchev–Trinajstić information content (AvgIpc) is 3.38. The molecule has 2 heterocycles. The highest BCUT2D eigenvalue weighted by Gasteiger charge is 2.25. The Morgan fingerprint density at radius 2 is 1.91 bits per heavy atom. The first-order chi connectivity index (χ1) is 16.1. The van der Waals surface area contributed by atoms with Crippen molar-refractivity contribution in [1.82, 2.24) is 4.98 Å². The number of methoxy groups -OCH3 is 1. The molecule has 0 unspecified atom stereocenters. The molecule has 2 amide bonds. The van der Waals surface area contributed by atoms with Gasteiger partial charge in [0.15, 0.2) is 0 Å². The van der Waals surface area contributed by atoms with Crippen molar-refractivity contribution in [3.63, 3.8) is 0 Å². The Bertz CT molecular complexity index is 1390. The zero-order valence-corrected chi connectivity index (χ0v) is 18.1. The zero-order valence-electron chi connectivity index (χ0n) is 18.1. The summed E-state index contributed by atoms with van der Waals surface area (Å²) in [7, 11) is 1.63. The van der Waals surface area contributed by atoms with Crippen molar-refractivity contribution in [1.29, 1.82) is 0 Å². The van der Waals surface area contributed by atoms with Crippen molar-refractivity contribution in [2.75, 3.05) is 17.7 Å². The van der Waals surface area contributed by atoms with Crippen molar-refractivity contribution < 1.29 is 14.3 Å². The van der Waals surface area contributed by atoms with E-state index in [9.17, 15) is 9.59 Å². The van der Waals surface area contributed by atoms with Gasteiger partial charge in [-0.05, 0) is 54.5 Å². The number of hydrogen-bond acceptors (Lipinski definition) is 3. The fraction of sp³-hybridized carbons (Fsp3) is 0.111. The van der Waals surface area contributed by atoms with E-state index in [1.807, 2.05) is 72.9 Å². The molecule has 6 nitrogen and oxygen atoms in total. The third-order valence-electron chi connectivity index (χ3n) is 5.79. The first-order valence-corrected chi connectivity index (χ1v) is 10.8. The van der Waals surface area contributed by atoms with Gasteiger partial charge in [0, 0.05) is 51.6 Å². The number of benzene rings is 3. The molecule has 0 radical (unpaired) electrons. The van der Waals surface area contributed by atoms with E-state index in [2.05, 4.69) is 15.6 Å². The number of carbonyl (C=O) groups is 2. The van der Waals surface area contributed by atoms with Crippen LogP contribution in [0.25, 0.3) is 22.6 Å². The number of H-pyrrole nitrogens is 1. The van der Waals surface area contributed by atoms with Gasteiger partial charge in [0.05, 0.1) is 7.11 Å². The maximum absolute atomic E-state index is 12.7. The SMILES string of the molecule is COc1ccc2[nH]cc(/C=C3\C(=O)Nc4ccc(NC(=O)CCc5ccccc5)cc43)c2c1. The summed E-state index contributed by atoms with van der Waals surface area (Å²) in [5, 5.41) is 6.82. The Hall–Kier alpha value is -4.32. The molecule has 1 aromatic heterocycles. The Balaban J connectivity index is 1.39. The number of aromatic nitrogens is 1. The molecule has 0 aliphatic carbocycles. The minimum absolute atomic E-state index is 0.0645. The third kappa shape index (κ3) is 4.23. The lowest BCUT2D eigenvalue weighted by molar-refractivity contribution is -0.116. The number of carbonyl (C=O) groups excluding carboxylic acids is 2. The summed E-state index contributed by atoms with van der Waals surface area (Å²) in [6.07, 6.45) is 4.79. The number of hydrogen-bond donors (Lipinski definition) is 3. The molecular weight excluding hydrogens is 414 g/mol. The summed E-state index contributed by atoms with van der Waals surface area (Å²) in [6, 6.07) is 21.2. The lowest BCUT2D eigenvalue weighted by Crippen LogP contribution is -2.12. The van der Waals surface area contributed by atoms with Crippen LogP contribution in [0.1, 0.15) is 23.1 Å². The van der Waals surface area contributed by atoms with Crippen LogP contribution in [0.5, 0.6) is 5.75 Å². The Morgan fingerprint density at radius 1 is 1.06 bits per heavy atom. The van der Waals surface area contributed by atoms with Gasteiger partial charge in [-0.3, -0.25) is 9.59 Å². The molecule has 0 saturated carbocycles. The lowest BCUT2D eigenvalue weighted by Gasteiger charge is -2.08. The van der Waals surface area contributed by atoms with Crippen LogP contribution in [0, 0.1) is 0 Å². The molecule has 1 aliphatic rings. The van der Waals surface area contributed by atoms with E-state index >= 15 is 0 Å². The van der Waals surface area contributed by atoms with E-state index in [-0.39, 0.29) is 11.8 Å². The number of fused-ring (bicyclic) bond motifs is 2. The molecular formula is C27H23N3O3. The Morgan fingerprint density at radius 3 is 2.73 bits per heavy atom. The summed E-state index contributed by atoms with van der Waals surface area (Å²) >= 11 is 0. The molecule has 0 bridgehead atoms. The normalized spacial score (nSPS) is 13.7. The standard InChI is InChI=1S/C27H23N3O3/c1-33-20-9-11-24-21(15-20)18(16-28-24)13-23-22-14-19(8-10-25(22)30-27(23)32)29-26(31)12-7-17-5-3-2-4-6-17/h2-6,8-11,13-16,28H,7,12H2,1H3,(H,29,31)(H,30,32)/b23-13-. The van der Waals surface area contributed by atoms with Crippen molar-refractivity contribution in [3.05, 3.63) is 89.6 Å². The van der Waals surface area contributed by atoms with E-state index in [1.165, 1.54) is 0 Å². The predicted molar refractivity (Wildman–Crippen MR) is 131 cm³/mol. The smallest absolute Gasteiger partial charge is 0.256 e. The largest absolute Gasteiger partial charge is 0.497 e. The summed E-state index contributed by atoms with van der Waals surface area (Å²) in [6.45, 7) is 0. The van der Waals surface area contributed by atoms with E-state index < -0.39 is 0 Å². The van der Waals surface area contributed by atoms with Gasteiger partial charge >= 0.3 is 0 Å². The summed E-state index contributed by atoms with van der Waals surface area (Å²) in [4.78, 5) is 28.4. The molecule has 3 N–H and O–H groups in total. The topological polar surface area (TPSA) is 83.2 Å². The lowest BCUT2D eigenvalue weighted by atomic mass is 10.0. The summed E-state index contributed by atoms with van der Waals surface area (Å²) in [5.74, 6) is 0.513. The molecule has 0 saturated heterocycles. The van der Waals surface area contributed by atoms with Crippen LogP contribution < -0.4 is 15.4 Å². The van der Waals surface area contributed by atoms with E-state index in [0.29, 0.717) is 24.1 Å². The Kier molecular flexibility index (Phi) is 5.40. The van der Waals surface area contributed by atoms with Crippen LogP contribution in [0.4, 0.5) is 11.4 Å². The van der Waals surface area contributed by atoms with E-state index in [1.54, 1.807) is 13.2 Å². The van der Waals surface area contributed by atoms with Gasteiger partial charge in [-0.2, -0.15) is 0 Å². The molecule has 6 heteroatoms. The highest BCUT2D eigenvalue weighted by Crippen LogP contribution is 2.36. The number of ether oxygens (including phenoxy) is 1. The fourth-order valence-electron chi connectivity index (χ4n) is 4.06. The molecule has 33 heavy (non-hydrogen) atoms. The van der Waals surface area contributed by atoms with Crippen molar-refractivity contribution in [2.45, 2.75) is 12.8 Å². The number of aryl methyl sites for hydroxylation is 1. The van der Waals surface area contributed by atoms with Crippen LogP contribution in [-0.2, 0) is 16.0 Å². The molecule has 4 aromatic rings. The van der Waals surface area contributed by atoms with Crippen LogP contribution >= 0.6 is 0 Å². The van der Waals surface area contributed by atoms with Crippen LogP contribution in [0.3, 0.4) is 0 Å². The summed E-state index contributed by atoms with van der Waals surface area (Å²) in [5.41, 5.74) is 5.67. The maximum Gasteiger partial charge on any atom is 0.256 e. The second kappa shape index (κ2) is 8.67. The highest BCUT2D eigenvalue weighted by molar-refractivity contribution is 6.35. The fourth-order valence-corrected chi connectivity index (χ4v) is 4.06. The van der Waals surface area contributed by atoms with Crippen molar-refractivity contribution >= 4 is 45.7 Å². The average molecular weight is 437 g/mol. The molecule has 0 spiro atoms. The molecule has 1 aliphatic heterocycles. The molecule has 0 fully saturated rings. The van der Waals surface area contributed by atoms with Crippen LogP contribution in [0.15, 0.2) is 72.9 Å². The van der Waals surface area contributed by atoms with Crippen LogP contribution in [0.2, 0.25) is 0 Å².